The van der Waals surface area contributed by atoms with Gasteiger partial charge in [0.1, 0.15) is 0 Å². The Morgan fingerprint density at radius 3 is 2.40 bits per heavy atom. The molecule has 0 fully saturated rings. The lowest BCUT2D eigenvalue weighted by atomic mass is 9.94. The number of thiol groups is 1. The van der Waals surface area contributed by atoms with Crippen LogP contribution in [0.1, 0.15) is 42.6 Å². The molecule has 0 radical (unpaired) electrons. The molecule has 1 atom stereocenters. The molecule has 0 aliphatic heterocycles. The van der Waals surface area contributed by atoms with Crippen LogP contribution in [-0.4, -0.2) is 27.9 Å². The van der Waals surface area contributed by atoms with Crippen molar-refractivity contribution in [3.05, 3.63) is 35.4 Å². The summed E-state index contributed by atoms with van der Waals surface area (Å²) in [5, 5.41) is 18.0. The molecule has 0 saturated heterocycles. The highest BCUT2D eigenvalue weighted by Crippen LogP contribution is 2.16. The zero-order valence-electron chi connectivity index (χ0n) is 11.9. The molecule has 0 bridgehead atoms. The quantitative estimate of drug-likeness (QED) is 0.675. The predicted octanol–water partition coefficient (Wildman–Crippen LogP) is 3.36. The van der Waals surface area contributed by atoms with Gasteiger partial charge in [0.25, 0.3) is 0 Å². The molecular formula is C15H22O4S. The second-order valence-corrected chi connectivity index (χ2v) is 4.56. The second kappa shape index (κ2) is 10.3. The highest BCUT2D eigenvalue weighted by Gasteiger charge is 2.17. The number of rotatable bonds is 7. The number of aromatic carboxylic acids is 1. The lowest BCUT2D eigenvalue weighted by Gasteiger charge is -2.12. The van der Waals surface area contributed by atoms with Crippen LogP contribution < -0.4 is 0 Å². The number of hydrogen-bond acceptors (Lipinski definition) is 3. The summed E-state index contributed by atoms with van der Waals surface area (Å²) in [6.45, 7) is 4.00. The van der Waals surface area contributed by atoms with Gasteiger partial charge in [0.2, 0.25) is 0 Å². The summed E-state index contributed by atoms with van der Waals surface area (Å²) in [6.07, 6.45) is 1.64. The van der Waals surface area contributed by atoms with Crippen molar-refractivity contribution in [1.82, 2.24) is 0 Å². The van der Waals surface area contributed by atoms with Crippen LogP contribution >= 0.6 is 12.6 Å². The summed E-state index contributed by atoms with van der Waals surface area (Å²) in [7, 11) is 0. The van der Waals surface area contributed by atoms with Crippen molar-refractivity contribution in [1.29, 1.82) is 0 Å². The number of carboxylic acids is 2. The van der Waals surface area contributed by atoms with E-state index in [0.717, 1.165) is 12.0 Å². The highest BCUT2D eigenvalue weighted by atomic mass is 32.1. The van der Waals surface area contributed by atoms with Gasteiger partial charge in [-0.15, -0.1) is 0 Å². The van der Waals surface area contributed by atoms with Gasteiger partial charge < -0.3 is 10.2 Å². The van der Waals surface area contributed by atoms with E-state index in [9.17, 15) is 9.59 Å². The number of hydrogen-bond donors (Lipinski definition) is 3. The Labute approximate surface area is 125 Å². The molecule has 1 aromatic rings. The Morgan fingerprint density at radius 1 is 1.25 bits per heavy atom. The fourth-order valence-corrected chi connectivity index (χ4v) is 1.95. The van der Waals surface area contributed by atoms with Gasteiger partial charge in [-0.1, -0.05) is 26.0 Å². The van der Waals surface area contributed by atoms with Crippen LogP contribution in [-0.2, 0) is 11.2 Å². The zero-order valence-corrected chi connectivity index (χ0v) is 12.8. The van der Waals surface area contributed by atoms with Gasteiger partial charge in [-0.3, -0.25) is 4.79 Å². The summed E-state index contributed by atoms with van der Waals surface area (Å²) >= 11 is 4.06. The third kappa shape index (κ3) is 6.61. The number of aliphatic carboxylic acids is 1. The lowest BCUT2D eigenvalue weighted by Crippen LogP contribution is -2.17. The van der Waals surface area contributed by atoms with Crippen LogP contribution in [0, 0.1) is 5.92 Å². The van der Waals surface area contributed by atoms with Crippen molar-refractivity contribution in [2.24, 2.45) is 5.92 Å². The van der Waals surface area contributed by atoms with Crippen LogP contribution in [0.2, 0.25) is 0 Å². The molecule has 1 rings (SSSR count). The molecule has 0 aromatic heterocycles. The number of carbonyl (C=O) groups is 2. The highest BCUT2D eigenvalue weighted by molar-refractivity contribution is 7.80. The van der Waals surface area contributed by atoms with Crippen molar-refractivity contribution in [3.8, 4) is 0 Å². The minimum Gasteiger partial charge on any atom is -0.481 e. The van der Waals surface area contributed by atoms with E-state index in [0.29, 0.717) is 18.6 Å². The van der Waals surface area contributed by atoms with Gasteiger partial charge in [0.15, 0.2) is 0 Å². The van der Waals surface area contributed by atoms with E-state index in [-0.39, 0.29) is 5.56 Å². The SMILES string of the molecule is CC.O=C(O)c1cccc(CC(CCCS)C(=O)O)c1. The second-order valence-electron chi connectivity index (χ2n) is 4.11. The predicted molar refractivity (Wildman–Crippen MR) is 82.7 cm³/mol. The molecule has 112 valence electrons. The van der Waals surface area contributed by atoms with Gasteiger partial charge >= 0.3 is 11.9 Å². The molecular weight excluding hydrogens is 276 g/mol. The molecule has 0 amide bonds. The Bertz CT molecular complexity index is 432. The summed E-state index contributed by atoms with van der Waals surface area (Å²) in [5.41, 5.74) is 0.923. The van der Waals surface area contributed by atoms with E-state index in [4.69, 9.17) is 10.2 Å². The van der Waals surface area contributed by atoms with Gasteiger partial charge in [-0.05, 0) is 42.7 Å². The van der Waals surface area contributed by atoms with E-state index < -0.39 is 17.9 Å². The summed E-state index contributed by atoms with van der Waals surface area (Å²) in [6, 6.07) is 6.41. The molecule has 0 spiro atoms. The van der Waals surface area contributed by atoms with Crippen molar-refractivity contribution < 1.29 is 19.8 Å². The van der Waals surface area contributed by atoms with E-state index in [1.165, 1.54) is 12.1 Å². The van der Waals surface area contributed by atoms with Gasteiger partial charge in [0.05, 0.1) is 11.5 Å². The first-order chi connectivity index (χ1) is 9.54. The third-order valence-electron chi connectivity index (χ3n) is 2.72. The molecule has 4 nitrogen and oxygen atoms in total. The van der Waals surface area contributed by atoms with Gasteiger partial charge in [0, 0.05) is 0 Å². The van der Waals surface area contributed by atoms with Gasteiger partial charge in [-0.25, -0.2) is 4.79 Å². The summed E-state index contributed by atoms with van der Waals surface area (Å²) in [5.74, 6) is -1.68. The molecule has 0 saturated carbocycles. The van der Waals surface area contributed by atoms with Crippen molar-refractivity contribution in [2.75, 3.05) is 5.75 Å². The number of benzene rings is 1. The summed E-state index contributed by atoms with van der Waals surface area (Å²) in [4.78, 5) is 21.9. The standard InChI is InChI=1S/C13H16O4S.C2H6/c14-12(15)10-4-1-3-9(7-10)8-11(13(16)17)5-2-6-18;1-2/h1,3-4,7,11,18H,2,5-6,8H2,(H,14,15)(H,16,17);1-2H3. The van der Waals surface area contributed by atoms with Crippen molar-refractivity contribution in [2.45, 2.75) is 33.1 Å². The first-order valence-electron chi connectivity index (χ1n) is 6.70. The van der Waals surface area contributed by atoms with Crippen molar-refractivity contribution >= 4 is 24.6 Å². The fraction of sp³-hybridized carbons (Fsp3) is 0.467. The molecule has 20 heavy (non-hydrogen) atoms. The Morgan fingerprint density at radius 2 is 1.90 bits per heavy atom. The molecule has 0 heterocycles. The van der Waals surface area contributed by atoms with E-state index in [1.807, 2.05) is 13.8 Å². The average molecular weight is 298 g/mol. The molecule has 1 unspecified atom stereocenters. The maximum absolute atomic E-state index is 11.1. The minimum atomic E-state index is -1.00. The first kappa shape index (κ1) is 18.5. The van der Waals surface area contributed by atoms with Gasteiger partial charge in [-0.2, -0.15) is 12.6 Å². The molecule has 5 heteroatoms. The third-order valence-corrected chi connectivity index (χ3v) is 3.03. The maximum atomic E-state index is 11.1. The average Bonchev–Trinajstić information content (AvgIpc) is 2.45. The van der Waals surface area contributed by atoms with Crippen LogP contribution in [0.25, 0.3) is 0 Å². The Kier molecular flexibility index (Phi) is 9.55. The van der Waals surface area contributed by atoms with Crippen LogP contribution in [0.15, 0.2) is 24.3 Å². The van der Waals surface area contributed by atoms with E-state index >= 15 is 0 Å². The van der Waals surface area contributed by atoms with Crippen LogP contribution in [0.4, 0.5) is 0 Å². The largest absolute Gasteiger partial charge is 0.481 e. The maximum Gasteiger partial charge on any atom is 0.335 e. The van der Waals surface area contributed by atoms with Crippen LogP contribution in [0.5, 0.6) is 0 Å². The van der Waals surface area contributed by atoms with E-state index in [2.05, 4.69) is 12.6 Å². The fourth-order valence-electron chi connectivity index (χ4n) is 1.77. The van der Waals surface area contributed by atoms with Crippen LogP contribution in [0.3, 0.4) is 0 Å². The minimum absolute atomic E-state index is 0.186. The molecule has 1 aromatic carbocycles. The lowest BCUT2D eigenvalue weighted by molar-refractivity contribution is -0.141. The first-order valence-corrected chi connectivity index (χ1v) is 7.33. The number of carboxylic acid groups (broad SMARTS) is 2. The van der Waals surface area contributed by atoms with E-state index in [1.54, 1.807) is 12.1 Å². The Hall–Kier alpha value is -1.49. The Balaban J connectivity index is 0.00000172. The summed E-state index contributed by atoms with van der Waals surface area (Å²) < 4.78 is 0. The van der Waals surface area contributed by atoms with Crippen molar-refractivity contribution in [3.63, 3.8) is 0 Å². The molecule has 0 aliphatic carbocycles. The zero-order chi connectivity index (χ0) is 15.5. The molecule has 2 N–H and O–H groups in total. The monoisotopic (exact) mass is 298 g/mol. The normalized spacial score (nSPS) is 11.2. The topological polar surface area (TPSA) is 74.6 Å². The smallest absolute Gasteiger partial charge is 0.335 e. The molecule has 0 aliphatic rings.